The third kappa shape index (κ3) is 4.74. The first-order valence-corrected chi connectivity index (χ1v) is 10.6. The molecule has 2 aromatic carbocycles. The molecule has 0 spiro atoms. The Morgan fingerprint density at radius 3 is 2.37 bits per heavy atom. The molecule has 4 rings (SSSR count). The van der Waals surface area contributed by atoms with E-state index in [4.69, 9.17) is 18.9 Å². The van der Waals surface area contributed by atoms with Gasteiger partial charge in [0, 0.05) is 19.1 Å². The molecule has 2 aliphatic heterocycles. The Morgan fingerprint density at radius 2 is 1.74 bits per heavy atom. The molecule has 6 N–H and O–H groups in total. The van der Waals surface area contributed by atoms with Crippen molar-refractivity contribution in [1.82, 2.24) is 0 Å². The second-order valence-corrected chi connectivity index (χ2v) is 8.15. The fourth-order valence-corrected chi connectivity index (χ4v) is 3.99. The number of hydrogen-bond donors (Lipinski definition) is 6. The predicted octanol–water partition coefficient (Wildman–Crippen LogP) is -0.475. The van der Waals surface area contributed by atoms with Gasteiger partial charge < -0.3 is 49.6 Å². The van der Waals surface area contributed by atoms with Crippen molar-refractivity contribution >= 4 is 11.8 Å². The predicted molar refractivity (Wildman–Crippen MR) is 114 cm³/mol. The summed E-state index contributed by atoms with van der Waals surface area (Å²) in [5.74, 6) is -2.47. The Bertz CT molecular complexity index is 1100. The molecule has 2 heterocycles. The first-order chi connectivity index (χ1) is 16.6. The lowest BCUT2D eigenvalue weighted by Crippen LogP contribution is -2.61. The number of Topliss-reactive ketones (excluding diaryl/α,β-unsaturated/α-hetero) is 1. The topological polar surface area (TPSA) is 192 Å². The zero-order chi connectivity index (χ0) is 25.4. The van der Waals surface area contributed by atoms with Gasteiger partial charge in [-0.05, 0) is 17.7 Å². The number of hydrogen-bond acceptors (Lipinski definition) is 12. The number of ether oxygens (including phenoxy) is 4. The number of aliphatic hydroxyl groups is 4. The van der Waals surface area contributed by atoms with E-state index in [0.29, 0.717) is 5.56 Å². The molecule has 0 aliphatic carbocycles. The van der Waals surface area contributed by atoms with Crippen LogP contribution in [0.15, 0.2) is 36.4 Å². The molecule has 0 unspecified atom stereocenters. The van der Waals surface area contributed by atoms with Gasteiger partial charge in [-0.2, -0.15) is 0 Å². The van der Waals surface area contributed by atoms with E-state index >= 15 is 0 Å². The Morgan fingerprint density at radius 1 is 1.06 bits per heavy atom. The van der Waals surface area contributed by atoms with E-state index in [1.165, 1.54) is 30.3 Å². The van der Waals surface area contributed by atoms with Crippen LogP contribution in [0.1, 0.15) is 28.9 Å². The quantitative estimate of drug-likeness (QED) is 0.294. The highest BCUT2D eigenvalue weighted by molar-refractivity contribution is 6.05. The molecule has 0 aromatic heterocycles. The van der Waals surface area contributed by atoms with Crippen LogP contribution in [0.4, 0.5) is 0 Å². The summed E-state index contributed by atoms with van der Waals surface area (Å²) in [6, 6.07) is 7.90. The van der Waals surface area contributed by atoms with Crippen LogP contribution in [-0.4, -0.2) is 85.8 Å². The molecule has 35 heavy (non-hydrogen) atoms. The van der Waals surface area contributed by atoms with Crippen LogP contribution in [0.5, 0.6) is 23.0 Å². The average Bonchev–Trinajstić information content (AvgIpc) is 2.81. The van der Waals surface area contributed by atoms with Gasteiger partial charge in [0.05, 0.1) is 6.61 Å². The standard InChI is InChI=1S/C23H24O12/c1-9(25)32-22-19(30)17(28)15(8-24)35-23(22)33-12-6-13(27)16-14(7-12)34-21(20(31)18(16)29)10-2-4-11(26)5-3-10/h2-7,15,17,19-24,26-28,30-31H,8H2,1H3/t15-,17+,19+,20+,21-,22-,23-/m1/s1. The maximum absolute atomic E-state index is 12.8. The summed E-state index contributed by atoms with van der Waals surface area (Å²) in [4.78, 5) is 24.3. The lowest BCUT2D eigenvalue weighted by atomic mass is 9.93. The SMILES string of the molecule is CC(=O)O[C@H]1[C@H](Oc2cc(O)c3c(c2)O[C@H](c2ccc(O)cc2)[C@@H](O)C3=O)O[C@H](CO)[C@H](O)[C@@H]1O. The summed E-state index contributed by atoms with van der Waals surface area (Å²) < 4.78 is 21.9. The van der Waals surface area contributed by atoms with Gasteiger partial charge in [-0.3, -0.25) is 9.59 Å². The zero-order valence-electron chi connectivity index (χ0n) is 18.3. The number of benzene rings is 2. The van der Waals surface area contributed by atoms with Gasteiger partial charge in [0.15, 0.2) is 18.3 Å². The molecule has 7 atom stereocenters. The molecular weight excluding hydrogens is 468 g/mol. The minimum atomic E-state index is -1.66. The van der Waals surface area contributed by atoms with Gasteiger partial charge in [-0.25, -0.2) is 0 Å². The fourth-order valence-electron chi connectivity index (χ4n) is 3.99. The van der Waals surface area contributed by atoms with Crippen LogP contribution in [0.3, 0.4) is 0 Å². The molecule has 188 valence electrons. The van der Waals surface area contributed by atoms with E-state index in [0.717, 1.165) is 13.0 Å². The minimum Gasteiger partial charge on any atom is -0.508 e. The minimum absolute atomic E-state index is 0.0255. The lowest BCUT2D eigenvalue weighted by molar-refractivity contribution is -0.281. The summed E-state index contributed by atoms with van der Waals surface area (Å²) in [5, 5.41) is 60.3. The van der Waals surface area contributed by atoms with Gasteiger partial charge in [-0.15, -0.1) is 0 Å². The summed E-state index contributed by atoms with van der Waals surface area (Å²) in [7, 11) is 0. The third-order valence-electron chi connectivity index (χ3n) is 5.71. The smallest absolute Gasteiger partial charge is 0.303 e. The Labute approximate surface area is 198 Å². The summed E-state index contributed by atoms with van der Waals surface area (Å²) in [6.45, 7) is 0.400. The van der Waals surface area contributed by atoms with Crippen LogP contribution < -0.4 is 9.47 Å². The zero-order valence-corrected chi connectivity index (χ0v) is 18.3. The molecule has 12 nitrogen and oxygen atoms in total. The van der Waals surface area contributed by atoms with Crippen LogP contribution in [-0.2, 0) is 14.3 Å². The molecule has 0 bridgehead atoms. The van der Waals surface area contributed by atoms with Crippen molar-refractivity contribution in [3.63, 3.8) is 0 Å². The number of phenolic OH excluding ortho intramolecular Hbond substituents is 2. The van der Waals surface area contributed by atoms with Crippen LogP contribution in [0.2, 0.25) is 0 Å². The lowest BCUT2D eigenvalue weighted by Gasteiger charge is -2.41. The molecule has 12 heteroatoms. The first kappa shape index (κ1) is 24.7. The number of aliphatic hydroxyl groups excluding tert-OH is 4. The molecule has 0 amide bonds. The summed E-state index contributed by atoms with van der Waals surface area (Å²) in [6.07, 6.45) is -10.3. The third-order valence-corrected chi connectivity index (χ3v) is 5.71. The molecule has 2 aromatic rings. The van der Waals surface area contributed by atoms with Crippen molar-refractivity contribution in [3.05, 3.63) is 47.5 Å². The average molecular weight is 492 g/mol. The van der Waals surface area contributed by atoms with Crippen molar-refractivity contribution in [2.75, 3.05) is 6.61 Å². The number of carbonyl (C=O) groups is 2. The van der Waals surface area contributed by atoms with Crippen molar-refractivity contribution < 1.29 is 59.2 Å². The second-order valence-electron chi connectivity index (χ2n) is 8.15. The summed E-state index contributed by atoms with van der Waals surface area (Å²) >= 11 is 0. The van der Waals surface area contributed by atoms with Crippen LogP contribution in [0.25, 0.3) is 0 Å². The van der Waals surface area contributed by atoms with E-state index in [9.17, 15) is 40.2 Å². The molecule has 0 radical (unpaired) electrons. The van der Waals surface area contributed by atoms with Crippen LogP contribution >= 0.6 is 0 Å². The number of aromatic hydroxyl groups is 2. The van der Waals surface area contributed by atoms with E-state index in [-0.39, 0.29) is 22.8 Å². The molecule has 0 saturated carbocycles. The van der Waals surface area contributed by atoms with Crippen molar-refractivity contribution in [3.8, 4) is 23.0 Å². The van der Waals surface area contributed by atoms with E-state index in [1.54, 1.807) is 0 Å². The number of fused-ring (bicyclic) bond motifs is 1. The number of ketones is 1. The monoisotopic (exact) mass is 492 g/mol. The maximum Gasteiger partial charge on any atom is 0.303 e. The van der Waals surface area contributed by atoms with E-state index in [1.807, 2.05) is 0 Å². The van der Waals surface area contributed by atoms with Crippen molar-refractivity contribution in [2.24, 2.45) is 0 Å². The van der Waals surface area contributed by atoms with Crippen LogP contribution in [0, 0.1) is 0 Å². The van der Waals surface area contributed by atoms with Gasteiger partial charge in [0.2, 0.25) is 12.1 Å². The number of phenols is 2. The Kier molecular flexibility index (Phi) is 6.83. The van der Waals surface area contributed by atoms with E-state index < -0.39 is 67.0 Å². The highest BCUT2D eigenvalue weighted by atomic mass is 16.7. The van der Waals surface area contributed by atoms with Gasteiger partial charge in [-0.1, -0.05) is 12.1 Å². The number of carbonyl (C=O) groups excluding carboxylic acids is 2. The van der Waals surface area contributed by atoms with Gasteiger partial charge in [0.25, 0.3) is 0 Å². The van der Waals surface area contributed by atoms with Crippen molar-refractivity contribution in [1.29, 1.82) is 0 Å². The first-order valence-electron chi connectivity index (χ1n) is 10.6. The van der Waals surface area contributed by atoms with Gasteiger partial charge in [0.1, 0.15) is 46.9 Å². The maximum atomic E-state index is 12.8. The highest BCUT2D eigenvalue weighted by Crippen LogP contribution is 2.43. The Hall–Kier alpha value is -3.42. The molecule has 2 aliphatic rings. The highest BCUT2D eigenvalue weighted by Gasteiger charge is 2.48. The fraction of sp³-hybridized carbons (Fsp3) is 0.391. The second kappa shape index (κ2) is 9.68. The normalized spacial score (nSPS) is 30.2. The number of rotatable bonds is 5. The summed E-state index contributed by atoms with van der Waals surface area (Å²) in [5.41, 5.74) is 0.0956. The number of esters is 1. The van der Waals surface area contributed by atoms with Gasteiger partial charge >= 0.3 is 5.97 Å². The van der Waals surface area contributed by atoms with Crippen molar-refractivity contribution in [2.45, 2.75) is 49.8 Å². The molecule has 1 saturated heterocycles. The molecule has 1 fully saturated rings. The largest absolute Gasteiger partial charge is 0.508 e. The van der Waals surface area contributed by atoms with E-state index in [2.05, 4.69) is 0 Å². The Balaban J connectivity index is 1.65. The molecular formula is C23H24O12.